The number of rotatable bonds is 5. The average molecular weight is 386 g/mol. The highest BCUT2D eigenvalue weighted by Gasteiger charge is 2.27. The quantitative estimate of drug-likeness (QED) is 0.522. The molecule has 0 bridgehead atoms. The Morgan fingerprint density at radius 2 is 1.90 bits per heavy atom. The van der Waals surface area contributed by atoms with Gasteiger partial charge in [0.25, 0.3) is 0 Å². The molecule has 1 atom stereocenters. The van der Waals surface area contributed by atoms with E-state index in [0.29, 0.717) is 6.04 Å². The highest BCUT2D eigenvalue weighted by molar-refractivity contribution is 5.59. The predicted octanol–water partition coefficient (Wildman–Crippen LogP) is 2.69. The van der Waals surface area contributed by atoms with Gasteiger partial charge in [-0.05, 0) is 37.1 Å². The van der Waals surface area contributed by atoms with E-state index in [2.05, 4.69) is 37.2 Å². The molecule has 5 rings (SSSR count). The summed E-state index contributed by atoms with van der Waals surface area (Å²) in [6.45, 7) is 1.87. The third kappa shape index (κ3) is 3.37. The molecule has 1 aliphatic heterocycles. The zero-order valence-corrected chi connectivity index (χ0v) is 16.3. The van der Waals surface area contributed by atoms with Crippen LogP contribution in [0.5, 0.6) is 0 Å². The summed E-state index contributed by atoms with van der Waals surface area (Å²) in [7, 11) is 2.08. The number of aromatic nitrogens is 6. The topological polar surface area (TPSA) is 75.3 Å². The van der Waals surface area contributed by atoms with Crippen molar-refractivity contribution >= 4 is 17.3 Å². The van der Waals surface area contributed by atoms with Crippen LogP contribution in [0.3, 0.4) is 0 Å². The Morgan fingerprint density at radius 3 is 2.72 bits per heavy atom. The van der Waals surface area contributed by atoms with E-state index in [9.17, 15) is 0 Å². The Hall–Kier alpha value is -3.55. The monoisotopic (exact) mass is 386 g/mol. The SMILES string of the molecule is CN(CC1CCCN1c1cccnn1)c1ccc2nnc(-c3ccccc3)n2n1. The fourth-order valence-electron chi connectivity index (χ4n) is 3.93. The lowest BCUT2D eigenvalue weighted by molar-refractivity contribution is 0.640. The van der Waals surface area contributed by atoms with Crippen LogP contribution in [0.1, 0.15) is 12.8 Å². The van der Waals surface area contributed by atoms with E-state index in [4.69, 9.17) is 5.10 Å². The van der Waals surface area contributed by atoms with Crippen LogP contribution in [0.15, 0.2) is 60.8 Å². The molecule has 0 radical (unpaired) electrons. The van der Waals surface area contributed by atoms with Crippen LogP contribution in [0.2, 0.25) is 0 Å². The van der Waals surface area contributed by atoms with Crippen molar-refractivity contribution in [1.29, 1.82) is 0 Å². The molecule has 0 aliphatic carbocycles. The number of anilines is 2. The number of nitrogens with zero attached hydrogens (tertiary/aromatic N) is 8. The molecule has 3 aromatic heterocycles. The summed E-state index contributed by atoms with van der Waals surface area (Å²) in [5.41, 5.74) is 1.74. The molecule has 1 aliphatic rings. The average Bonchev–Trinajstić information content (AvgIpc) is 3.41. The number of benzene rings is 1. The second-order valence-corrected chi connectivity index (χ2v) is 7.30. The van der Waals surface area contributed by atoms with Crippen molar-refractivity contribution in [3.8, 4) is 11.4 Å². The van der Waals surface area contributed by atoms with Crippen LogP contribution >= 0.6 is 0 Å². The van der Waals surface area contributed by atoms with Crippen molar-refractivity contribution < 1.29 is 0 Å². The minimum atomic E-state index is 0.378. The molecule has 8 heteroatoms. The molecule has 4 aromatic rings. The smallest absolute Gasteiger partial charge is 0.185 e. The van der Waals surface area contributed by atoms with Gasteiger partial charge in [0, 0.05) is 37.9 Å². The lowest BCUT2D eigenvalue weighted by Crippen LogP contribution is -2.39. The Kier molecular flexibility index (Phi) is 4.51. The van der Waals surface area contributed by atoms with Crippen molar-refractivity contribution in [2.45, 2.75) is 18.9 Å². The molecule has 1 aromatic carbocycles. The maximum absolute atomic E-state index is 4.82. The minimum Gasteiger partial charge on any atom is -0.356 e. The van der Waals surface area contributed by atoms with Crippen molar-refractivity contribution in [3.05, 3.63) is 60.8 Å². The van der Waals surface area contributed by atoms with Crippen LogP contribution in [0.4, 0.5) is 11.6 Å². The van der Waals surface area contributed by atoms with E-state index in [0.717, 1.165) is 54.6 Å². The molecule has 4 heterocycles. The minimum absolute atomic E-state index is 0.378. The fourth-order valence-corrected chi connectivity index (χ4v) is 3.93. The summed E-state index contributed by atoms with van der Waals surface area (Å²) in [6.07, 6.45) is 4.00. The second-order valence-electron chi connectivity index (χ2n) is 7.30. The van der Waals surface area contributed by atoms with Crippen LogP contribution in [0.25, 0.3) is 17.0 Å². The lowest BCUT2D eigenvalue weighted by Gasteiger charge is -2.29. The van der Waals surface area contributed by atoms with Gasteiger partial charge in [0.1, 0.15) is 5.82 Å². The first-order chi connectivity index (χ1) is 14.3. The van der Waals surface area contributed by atoms with E-state index in [1.807, 2.05) is 59.1 Å². The van der Waals surface area contributed by atoms with Gasteiger partial charge in [-0.2, -0.15) is 9.61 Å². The Balaban J connectivity index is 1.40. The summed E-state index contributed by atoms with van der Waals surface area (Å²) in [5, 5.41) is 21.7. The molecule has 1 saturated heterocycles. The first-order valence-corrected chi connectivity index (χ1v) is 9.83. The Morgan fingerprint density at radius 1 is 1.00 bits per heavy atom. The summed E-state index contributed by atoms with van der Waals surface area (Å²) in [4.78, 5) is 4.53. The molecule has 8 nitrogen and oxygen atoms in total. The highest BCUT2D eigenvalue weighted by Crippen LogP contribution is 2.25. The van der Waals surface area contributed by atoms with Gasteiger partial charge in [0.2, 0.25) is 0 Å². The van der Waals surface area contributed by atoms with Gasteiger partial charge in [0.15, 0.2) is 17.3 Å². The van der Waals surface area contributed by atoms with E-state index in [1.54, 1.807) is 6.20 Å². The molecule has 1 fully saturated rings. The molecule has 146 valence electrons. The van der Waals surface area contributed by atoms with E-state index < -0.39 is 0 Å². The Bertz CT molecular complexity index is 1100. The standard InChI is InChI=1S/C21H22N8/c1-27(15-17-9-6-14-28(17)18-10-5-13-22-23-18)20-12-11-19-24-25-21(29(19)26-20)16-7-3-2-4-8-16/h2-5,7-8,10-13,17H,6,9,14-15H2,1H3. The molecule has 29 heavy (non-hydrogen) atoms. The molecule has 0 spiro atoms. The lowest BCUT2D eigenvalue weighted by atomic mass is 10.2. The van der Waals surface area contributed by atoms with Crippen molar-refractivity contribution in [2.75, 3.05) is 29.9 Å². The molecule has 1 unspecified atom stereocenters. The Labute approximate surface area is 168 Å². The van der Waals surface area contributed by atoms with E-state index in [-0.39, 0.29) is 0 Å². The van der Waals surface area contributed by atoms with Gasteiger partial charge in [-0.1, -0.05) is 30.3 Å². The molecular weight excluding hydrogens is 364 g/mol. The third-order valence-electron chi connectivity index (χ3n) is 5.39. The van der Waals surface area contributed by atoms with Gasteiger partial charge in [0.05, 0.1) is 0 Å². The van der Waals surface area contributed by atoms with Gasteiger partial charge in [-0.25, -0.2) is 0 Å². The van der Waals surface area contributed by atoms with Gasteiger partial charge < -0.3 is 9.80 Å². The van der Waals surface area contributed by atoms with Crippen molar-refractivity contribution in [3.63, 3.8) is 0 Å². The first-order valence-electron chi connectivity index (χ1n) is 9.83. The normalized spacial score (nSPS) is 16.4. The van der Waals surface area contributed by atoms with E-state index in [1.165, 1.54) is 0 Å². The zero-order valence-electron chi connectivity index (χ0n) is 16.3. The van der Waals surface area contributed by atoms with Crippen LogP contribution in [-0.2, 0) is 0 Å². The number of hydrogen-bond acceptors (Lipinski definition) is 7. The van der Waals surface area contributed by atoms with Crippen molar-refractivity contribution in [1.82, 2.24) is 30.0 Å². The van der Waals surface area contributed by atoms with Crippen LogP contribution < -0.4 is 9.80 Å². The maximum atomic E-state index is 4.82. The number of fused-ring (bicyclic) bond motifs is 1. The molecule has 0 saturated carbocycles. The van der Waals surface area contributed by atoms with Crippen molar-refractivity contribution in [2.24, 2.45) is 0 Å². The highest BCUT2D eigenvalue weighted by atomic mass is 15.4. The molecule has 0 N–H and O–H groups in total. The second kappa shape index (κ2) is 7.46. The largest absolute Gasteiger partial charge is 0.356 e. The summed E-state index contributed by atoms with van der Waals surface area (Å²) in [6, 6.07) is 18.3. The predicted molar refractivity (Wildman–Crippen MR) is 112 cm³/mol. The van der Waals surface area contributed by atoms with Crippen LogP contribution in [-0.4, -0.2) is 56.2 Å². The van der Waals surface area contributed by atoms with Gasteiger partial charge >= 0.3 is 0 Å². The zero-order chi connectivity index (χ0) is 19.6. The summed E-state index contributed by atoms with van der Waals surface area (Å²) in [5.74, 6) is 2.58. The van der Waals surface area contributed by atoms with Gasteiger partial charge in [-0.3, -0.25) is 0 Å². The maximum Gasteiger partial charge on any atom is 0.185 e. The van der Waals surface area contributed by atoms with Gasteiger partial charge in [-0.15, -0.1) is 20.4 Å². The number of likely N-dealkylation sites (N-methyl/N-ethyl adjacent to an activating group) is 1. The summed E-state index contributed by atoms with van der Waals surface area (Å²) >= 11 is 0. The molecule has 0 amide bonds. The van der Waals surface area contributed by atoms with E-state index >= 15 is 0 Å². The molecular formula is C21H22N8. The first kappa shape index (κ1) is 17.5. The van der Waals surface area contributed by atoms with Crippen LogP contribution in [0, 0.1) is 0 Å². The number of hydrogen-bond donors (Lipinski definition) is 0. The third-order valence-corrected chi connectivity index (χ3v) is 5.39. The summed E-state index contributed by atoms with van der Waals surface area (Å²) < 4.78 is 1.82. The fraction of sp³-hybridized carbons (Fsp3) is 0.286.